The molecule has 3 heteroatoms. The van der Waals surface area contributed by atoms with E-state index in [2.05, 4.69) is 24.1 Å². The van der Waals surface area contributed by atoms with Gasteiger partial charge in [-0.1, -0.05) is 13.3 Å². The van der Waals surface area contributed by atoms with Gasteiger partial charge >= 0.3 is 0 Å². The molecule has 1 atom stereocenters. The molecule has 3 nitrogen and oxygen atoms in total. The van der Waals surface area contributed by atoms with Crippen molar-refractivity contribution in [1.82, 2.24) is 10.2 Å². The predicted octanol–water partition coefficient (Wildman–Crippen LogP) is 2.88. The van der Waals surface area contributed by atoms with Crippen LogP contribution in [0.2, 0.25) is 0 Å². The topological polar surface area (TPSA) is 28.4 Å². The number of furan rings is 1. The summed E-state index contributed by atoms with van der Waals surface area (Å²) in [6, 6.07) is 4.56. The monoisotopic (exact) mass is 250 g/mol. The van der Waals surface area contributed by atoms with Crippen molar-refractivity contribution in [2.24, 2.45) is 5.92 Å². The number of hydrogen-bond acceptors (Lipinski definition) is 3. The van der Waals surface area contributed by atoms with Crippen LogP contribution in [0.4, 0.5) is 0 Å². The van der Waals surface area contributed by atoms with Gasteiger partial charge in [0, 0.05) is 19.1 Å². The highest BCUT2D eigenvalue weighted by Gasteiger charge is 2.22. The van der Waals surface area contributed by atoms with Gasteiger partial charge in [-0.15, -0.1) is 0 Å². The normalized spacial score (nSPS) is 17.9. The molecule has 0 aliphatic heterocycles. The Balaban J connectivity index is 1.66. The van der Waals surface area contributed by atoms with Crippen LogP contribution in [0.1, 0.15) is 38.9 Å². The Labute approximate surface area is 111 Å². The molecular weight excluding hydrogens is 224 g/mol. The van der Waals surface area contributed by atoms with Gasteiger partial charge < -0.3 is 9.73 Å². The highest BCUT2D eigenvalue weighted by atomic mass is 16.3. The third-order valence-corrected chi connectivity index (χ3v) is 4.07. The second-order valence-electron chi connectivity index (χ2n) is 5.44. The molecule has 1 aromatic rings. The number of nitrogens with one attached hydrogen (secondary N) is 1. The molecule has 1 N–H and O–H groups in total. The van der Waals surface area contributed by atoms with Crippen LogP contribution in [-0.2, 0) is 6.54 Å². The molecule has 1 aliphatic rings. The average Bonchev–Trinajstić information content (AvgIpc) is 2.80. The Hall–Kier alpha value is -0.800. The summed E-state index contributed by atoms with van der Waals surface area (Å²) >= 11 is 0. The first-order valence-electron chi connectivity index (χ1n) is 7.26. The summed E-state index contributed by atoms with van der Waals surface area (Å²) in [6.07, 6.45) is 6.04. The molecule has 0 aromatic carbocycles. The van der Waals surface area contributed by atoms with Crippen molar-refractivity contribution in [2.45, 2.75) is 45.7 Å². The third-order valence-electron chi connectivity index (χ3n) is 4.07. The number of rotatable bonds is 8. The van der Waals surface area contributed by atoms with Gasteiger partial charge in [0.25, 0.3) is 0 Å². The number of likely N-dealkylation sites (N-methyl/N-ethyl adjacent to an activating group) is 1. The molecule has 1 aliphatic carbocycles. The molecule has 18 heavy (non-hydrogen) atoms. The molecule has 0 spiro atoms. The van der Waals surface area contributed by atoms with Crippen LogP contribution < -0.4 is 5.32 Å². The van der Waals surface area contributed by atoms with Crippen LogP contribution in [0.15, 0.2) is 22.8 Å². The average molecular weight is 250 g/mol. The summed E-state index contributed by atoms with van der Waals surface area (Å²) in [5, 5.41) is 3.48. The molecule has 1 fully saturated rings. The Morgan fingerprint density at radius 2 is 2.33 bits per heavy atom. The van der Waals surface area contributed by atoms with E-state index in [1.165, 1.54) is 25.8 Å². The van der Waals surface area contributed by atoms with Gasteiger partial charge in [0.2, 0.25) is 0 Å². The highest BCUT2D eigenvalue weighted by molar-refractivity contribution is 4.97. The van der Waals surface area contributed by atoms with Crippen molar-refractivity contribution in [3.8, 4) is 0 Å². The Bertz CT molecular complexity index is 319. The summed E-state index contributed by atoms with van der Waals surface area (Å²) < 4.78 is 5.32. The first-order chi connectivity index (χ1) is 8.79. The summed E-state index contributed by atoms with van der Waals surface area (Å²) in [6.45, 7) is 8.87. The Morgan fingerprint density at radius 3 is 2.89 bits per heavy atom. The molecule has 0 radical (unpaired) electrons. The fourth-order valence-corrected chi connectivity index (χ4v) is 2.57. The zero-order chi connectivity index (χ0) is 12.8. The predicted molar refractivity (Wildman–Crippen MR) is 74.5 cm³/mol. The van der Waals surface area contributed by atoms with E-state index >= 15 is 0 Å². The van der Waals surface area contributed by atoms with E-state index < -0.39 is 0 Å². The molecule has 1 heterocycles. The fourth-order valence-electron chi connectivity index (χ4n) is 2.57. The first kappa shape index (κ1) is 13.6. The standard InChI is InChI=1S/C15H26N2O/c1-3-17(12-14-6-4-7-14)13(2)10-16-11-15-8-5-9-18-15/h5,8-9,13-14,16H,3-4,6-7,10-12H2,1-2H3. The van der Waals surface area contributed by atoms with E-state index in [4.69, 9.17) is 4.42 Å². The Kier molecular flexibility index (Phi) is 5.26. The van der Waals surface area contributed by atoms with Gasteiger partial charge in [0.15, 0.2) is 0 Å². The highest BCUT2D eigenvalue weighted by Crippen LogP contribution is 2.27. The van der Waals surface area contributed by atoms with E-state index in [9.17, 15) is 0 Å². The van der Waals surface area contributed by atoms with Gasteiger partial charge in [-0.25, -0.2) is 0 Å². The van der Waals surface area contributed by atoms with Crippen LogP contribution in [0, 0.1) is 5.92 Å². The minimum Gasteiger partial charge on any atom is -0.468 e. The van der Waals surface area contributed by atoms with Gasteiger partial charge in [-0.3, -0.25) is 4.90 Å². The second kappa shape index (κ2) is 6.95. The largest absolute Gasteiger partial charge is 0.468 e. The lowest BCUT2D eigenvalue weighted by atomic mass is 9.85. The van der Waals surface area contributed by atoms with Crippen molar-refractivity contribution in [1.29, 1.82) is 0 Å². The number of nitrogens with zero attached hydrogens (tertiary/aromatic N) is 1. The zero-order valence-corrected chi connectivity index (χ0v) is 11.7. The van der Waals surface area contributed by atoms with Crippen molar-refractivity contribution in [2.75, 3.05) is 19.6 Å². The zero-order valence-electron chi connectivity index (χ0n) is 11.7. The van der Waals surface area contributed by atoms with Crippen LogP contribution in [0.3, 0.4) is 0 Å². The molecule has 0 bridgehead atoms. The van der Waals surface area contributed by atoms with Crippen LogP contribution in [0.5, 0.6) is 0 Å². The smallest absolute Gasteiger partial charge is 0.117 e. The van der Waals surface area contributed by atoms with E-state index in [0.717, 1.165) is 31.3 Å². The van der Waals surface area contributed by atoms with Crippen LogP contribution in [0.25, 0.3) is 0 Å². The SMILES string of the molecule is CCN(CC1CCC1)C(C)CNCc1ccco1. The van der Waals surface area contributed by atoms with Gasteiger partial charge in [0.1, 0.15) is 5.76 Å². The summed E-state index contributed by atoms with van der Waals surface area (Å²) in [5.41, 5.74) is 0. The van der Waals surface area contributed by atoms with Gasteiger partial charge in [-0.05, 0) is 44.4 Å². The van der Waals surface area contributed by atoms with Gasteiger partial charge in [0.05, 0.1) is 12.8 Å². The number of hydrogen-bond donors (Lipinski definition) is 1. The van der Waals surface area contributed by atoms with Gasteiger partial charge in [-0.2, -0.15) is 0 Å². The molecule has 1 saturated carbocycles. The van der Waals surface area contributed by atoms with E-state index in [-0.39, 0.29) is 0 Å². The van der Waals surface area contributed by atoms with Crippen LogP contribution >= 0.6 is 0 Å². The molecular formula is C15H26N2O. The maximum absolute atomic E-state index is 5.32. The fraction of sp³-hybridized carbons (Fsp3) is 0.733. The summed E-state index contributed by atoms with van der Waals surface area (Å²) in [7, 11) is 0. The lowest BCUT2D eigenvalue weighted by Crippen LogP contribution is -2.43. The maximum atomic E-state index is 5.32. The van der Waals surface area contributed by atoms with Crippen molar-refractivity contribution in [3.63, 3.8) is 0 Å². The maximum Gasteiger partial charge on any atom is 0.117 e. The van der Waals surface area contributed by atoms with Crippen molar-refractivity contribution in [3.05, 3.63) is 24.2 Å². The lowest BCUT2D eigenvalue weighted by molar-refractivity contribution is 0.144. The summed E-state index contributed by atoms with van der Waals surface area (Å²) in [4.78, 5) is 2.60. The molecule has 102 valence electrons. The van der Waals surface area contributed by atoms with E-state index in [0.29, 0.717) is 6.04 Å². The lowest BCUT2D eigenvalue weighted by Gasteiger charge is -2.35. The van der Waals surface area contributed by atoms with Crippen molar-refractivity contribution < 1.29 is 4.42 Å². The quantitative estimate of drug-likeness (QED) is 0.769. The minimum atomic E-state index is 0.602. The van der Waals surface area contributed by atoms with Crippen LogP contribution in [-0.4, -0.2) is 30.6 Å². The third kappa shape index (κ3) is 3.85. The second-order valence-corrected chi connectivity index (χ2v) is 5.44. The molecule has 0 saturated heterocycles. The molecule has 0 amide bonds. The van der Waals surface area contributed by atoms with E-state index in [1.807, 2.05) is 12.1 Å². The Morgan fingerprint density at radius 1 is 1.50 bits per heavy atom. The van der Waals surface area contributed by atoms with E-state index in [1.54, 1.807) is 6.26 Å². The minimum absolute atomic E-state index is 0.602. The summed E-state index contributed by atoms with van der Waals surface area (Å²) in [5.74, 6) is 1.97. The molecule has 1 aromatic heterocycles. The van der Waals surface area contributed by atoms with Crippen molar-refractivity contribution >= 4 is 0 Å². The molecule has 1 unspecified atom stereocenters. The first-order valence-corrected chi connectivity index (χ1v) is 7.26. The molecule has 2 rings (SSSR count).